The molecule has 37 heavy (non-hydrogen) atoms. The van der Waals surface area contributed by atoms with Crippen LogP contribution in [0.5, 0.6) is 5.75 Å². The van der Waals surface area contributed by atoms with Gasteiger partial charge < -0.3 is 20.3 Å². The second kappa shape index (κ2) is 21.1. The molecule has 0 aliphatic rings. The maximum Gasteiger partial charge on any atom is 0.339 e. The Morgan fingerprint density at radius 1 is 0.919 bits per heavy atom. The van der Waals surface area contributed by atoms with E-state index in [4.69, 9.17) is 9.84 Å². The number of unbranched alkanes of at least 4 members (excludes halogenated alkanes) is 2. The molecule has 0 saturated heterocycles. The van der Waals surface area contributed by atoms with Crippen molar-refractivity contribution in [2.24, 2.45) is 0 Å². The van der Waals surface area contributed by atoms with Gasteiger partial charge in [0.05, 0.1) is 0 Å². The number of carbonyl (C=O) groups excluding carboxylic acids is 1. The summed E-state index contributed by atoms with van der Waals surface area (Å²) in [6, 6.07) is 3.91. The van der Waals surface area contributed by atoms with Crippen molar-refractivity contribution < 1.29 is 24.5 Å². The summed E-state index contributed by atoms with van der Waals surface area (Å²) in [5.41, 5.74) is -0.675. The molecule has 1 amide bonds. The number of aromatic carboxylic acids is 1. The Morgan fingerprint density at radius 3 is 2.03 bits per heavy atom. The predicted molar refractivity (Wildman–Crippen MR) is 155 cm³/mol. The molecular weight excluding hydrogens is 486 g/mol. The van der Waals surface area contributed by atoms with E-state index in [2.05, 4.69) is 73.0 Å². The lowest BCUT2D eigenvalue weighted by Gasteiger charge is -2.15. The zero-order valence-corrected chi connectivity index (χ0v) is 22.8. The van der Waals surface area contributed by atoms with Crippen LogP contribution in [0, 0.1) is 0 Å². The highest BCUT2D eigenvalue weighted by Gasteiger charge is 2.19. The van der Waals surface area contributed by atoms with Gasteiger partial charge in [-0.25, -0.2) is 4.79 Å². The molecule has 0 radical (unpaired) electrons. The number of rotatable bonds is 19. The molecule has 0 heterocycles. The summed E-state index contributed by atoms with van der Waals surface area (Å²) in [5, 5.41) is 21.3. The second-order valence-electron chi connectivity index (χ2n) is 8.17. The van der Waals surface area contributed by atoms with Crippen LogP contribution in [0.15, 0.2) is 79.0 Å². The van der Waals surface area contributed by atoms with Gasteiger partial charge in [0.25, 0.3) is 5.91 Å². The molecule has 0 aliphatic heterocycles. The molecule has 0 spiro atoms. The summed E-state index contributed by atoms with van der Waals surface area (Å²) in [6.45, 7) is 2.14. The first-order chi connectivity index (χ1) is 18.0. The van der Waals surface area contributed by atoms with E-state index < -0.39 is 11.4 Å². The van der Waals surface area contributed by atoms with Gasteiger partial charge >= 0.3 is 5.97 Å². The lowest BCUT2D eigenvalue weighted by atomic mass is 10.2. The Balaban J connectivity index is 2.15. The molecule has 1 unspecified atom stereocenters. The number of phenols is 1. The Bertz CT molecular complexity index is 949. The Labute approximate surface area is 225 Å². The summed E-state index contributed by atoms with van der Waals surface area (Å²) in [7, 11) is 1.47. The number of nitrogens with one attached hydrogen (secondary N) is 1. The third-order valence-corrected chi connectivity index (χ3v) is 6.35. The van der Waals surface area contributed by atoms with Crippen molar-refractivity contribution in [2.75, 3.05) is 18.2 Å². The highest BCUT2D eigenvalue weighted by molar-refractivity contribution is 8.00. The summed E-state index contributed by atoms with van der Waals surface area (Å²) >= 11 is 1.40. The van der Waals surface area contributed by atoms with Gasteiger partial charge in [0, 0.05) is 12.8 Å². The molecule has 0 fully saturated rings. The number of carboxylic acid groups (broad SMARTS) is 1. The van der Waals surface area contributed by atoms with Crippen LogP contribution in [0.3, 0.4) is 0 Å². The maximum absolute atomic E-state index is 12.4. The van der Waals surface area contributed by atoms with Gasteiger partial charge in [0.2, 0.25) is 0 Å². The van der Waals surface area contributed by atoms with Crippen LogP contribution in [0.4, 0.5) is 5.69 Å². The lowest BCUT2D eigenvalue weighted by Crippen LogP contribution is -2.27. The molecule has 1 aromatic rings. The van der Waals surface area contributed by atoms with Crippen molar-refractivity contribution in [2.45, 2.75) is 63.7 Å². The van der Waals surface area contributed by atoms with Gasteiger partial charge in [0.15, 0.2) is 5.44 Å². The first-order valence-corrected chi connectivity index (χ1v) is 13.8. The van der Waals surface area contributed by atoms with Crippen molar-refractivity contribution in [3.8, 4) is 5.75 Å². The van der Waals surface area contributed by atoms with Crippen LogP contribution in [-0.4, -0.2) is 40.4 Å². The quantitative estimate of drug-likeness (QED) is 0.0740. The summed E-state index contributed by atoms with van der Waals surface area (Å²) in [4.78, 5) is 23.6. The minimum atomic E-state index is -1.27. The zero-order chi connectivity index (χ0) is 27.1. The molecule has 1 atom stereocenters. The van der Waals surface area contributed by atoms with E-state index in [0.29, 0.717) is 5.69 Å². The Morgan fingerprint density at radius 2 is 1.49 bits per heavy atom. The van der Waals surface area contributed by atoms with E-state index in [1.165, 1.54) is 37.1 Å². The lowest BCUT2D eigenvalue weighted by molar-refractivity contribution is -0.121. The van der Waals surface area contributed by atoms with Crippen LogP contribution >= 0.6 is 11.8 Å². The molecule has 0 aromatic heterocycles. The third-order valence-electron chi connectivity index (χ3n) is 5.11. The van der Waals surface area contributed by atoms with Crippen molar-refractivity contribution in [3.63, 3.8) is 0 Å². The topological polar surface area (TPSA) is 95.9 Å². The number of amides is 1. The Kier molecular flexibility index (Phi) is 18.2. The van der Waals surface area contributed by atoms with E-state index in [9.17, 15) is 14.7 Å². The number of anilines is 1. The number of carboxylic acids is 1. The van der Waals surface area contributed by atoms with Crippen molar-refractivity contribution in [1.82, 2.24) is 0 Å². The monoisotopic (exact) mass is 527 g/mol. The maximum atomic E-state index is 12.4. The summed E-state index contributed by atoms with van der Waals surface area (Å²) in [6.07, 6.45) is 29.8. The number of aromatic hydroxyl groups is 1. The largest absolute Gasteiger partial charge is 0.507 e. The average Bonchev–Trinajstić information content (AvgIpc) is 2.88. The van der Waals surface area contributed by atoms with Crippen LogP contribution in [0.25, 0.3) is 0 Å². The molecule has 0 aliphatic carbocycles. The van der Waals surface area contributed by atoms with Gasteiger partial charge in [-0.2, -0.15) is 0 Å². The van der Waals surface area contributed by atoms with E-state index in [1.54, 1.807) is 0 Å². The molecule has 1 rings (SSSR count). The number of allylic oxidation sites excluding steroid dienone is 10. The fourth-order valence-corrected chi connectivity index (χ4v) is 4.09. The highest BCUT2D eigenvalue weighted by Crippen LogP contribution is 2.23. The molecule has 6 nitrogen and oxygen atoms in total. The number of ether oxygens (including phenoxy) is 1. The first kappa shape index (κ1) is 32.0. The molecule has 7 heteroatoms. The Hall–Kier alpha value is -3.03. The minimum Gasteiger partial charge on any atom is -0.507 e. The average molecular weight is 528 g/mol. The molecule has 0 saturated carbocycles. The van der Waals surface area contributed by atoms with Gasteiger partial charge in [-0.15, -0.1) is 11.8 Å². The SMILES string of the molecule is CCC=CCC=CCC=CCC=CCC=CCCCCSC(OC)C(=O)Nc1ccc(O)c(C(=O)O)c1. The highest BCUT2D eigenvalue weighted by atomic mass is 32.2. The van der Waals surface area contributed by atoms with Gasteiger partial charge in [-0.3, -0.25) is 4.79 Å². The fraction of sp³-hybridized carbons (Fsp3) is 0.400. The number of thioether (sulfide) groups is 1. The second-order valence-corrected chi connectivity index (χ2v) is 9.34. The van der Waals surface area contributed by atoms with E-state index in [1.807, 2.05) is 0 Å². The van der Waals surface area contributed by atoms with Crippen molar-refractivity contribution in [3.05, 3.63) is 84.5 Å². The fourth-order valence-electron chi connectivity index (χ4n) is 3.16. The van der Waals surface area contributed by atoms with Gasteiger partial charge in [-0.05, 0) is 75.3 Å². The van der Waals surface area contributed by atoms with E-state index >= 15 is 0 Å². The van der Waals surface area contributed by atoms with Crippen LogP contribution in [0.1, 0.15) is 68.6 Å². The smallest absolute Gasteiger partial charge is 0.339 e. The summed E-state index contributed by atoms with van der Waals surface area (Å²) < 4.78 is 5.28. The molecule has 202 valence electrons. The first-order valence-electron chi connectivity index (χ1n) is 12.8. The number of carbonyl (C=O) groups is 2. The third kappa shape index (κ3) is 15.6. The number of methoxy groups -OCH3 is 1. The van der Waals surface area contributed by atoms with Crippen molar-refractivity contribution in [1.29, 1.82) is 0 Å². The molecule has 1 aromatic carbocycles. The molecule has 3 N–H and O–H groups in total. The number of benzene rings is 1. The number of hydrogen-bond donors (Lipinski definition) is 3. The van der Waals surface area contributed by atoms with E-state index in [0.717, 1.165) is 57.1 Å². The van der Waals surface area contributed by atoms with Crippen LogP contribution in [0.2, 0.25) is 0 Å². The van der Waals surface area contributed by atoms with Gasteiger partial charge in [0.1, 0.15) is 11.3 Å². The van der Waals surface area contributed by atoms with E-state index in [-0.39, 0.29) is 17.2 Å². The standard InChI is InChI=1S/C30H41NO5S/c1-3-4-5-6-7-8-9-10-11-12-13-14-15-16-17-18-19-20-23-37-30(36-2)28(33)31-25-21-22-27(32)26(24-25)29(34)35/h4-5,7-8,10-11,13-14,16-17,21-22,24,30,32H,3,6,9,12,15,18-20,23H2,1-2H3,(H,31,33)(H,34,35). The van der Waals surface area contributed by atoms with Crippen molar-refractivity contribution >= 4 is 29.3 Å². The van der Waals surface area contributed by atoms with Crippen LogP contribution in [-0.2, 0) is 9.53 Å². The van der Waals surface area contributed by atoms with Crippen LogP contribution < -0.4 is 5.32 Å². The molecule has 0 bridgehead atoms. The minimum absolute atomic E-state index is 0.269. The summed E-state index contributed by atoms with van der Waals surface area (Å²) in [5.74, 6) is -1.21. The molecular formula is C30H41NO5S. The van der Waals surface area contributed by atoms with Gasteiger partial charge in [-0.1, -0.05) is 67.7 Å². The predicted octanol–water partition coefficient (Wildman–Crippen LogP) is 7.66. The zero-order valence-electron chi connectivity index (χ0n) is 22.0. The normalized spacial score (nSPS) is 13.0. The number of hydrogen-bond acceptors (Lipinski definition) is 5.